The number of carbonyl (C=O) groups excluding carboxylic acids is 1. The number of aryl methyl sites for hydroxylation is 1. The Kier molecular flexibility index (Phi) is 7.02. The van der Waals surface area contributed by atoms with Crippen LogP contribution in [-0.4, -0.2) is 71.9 Å². The van der Waals surface area contributed by atoms with Crippen LogP contribution < -0.4 is 4.90 Å². The van der Waals surface area contributed by atoms with Crippen LogP contribution in [0.1, 0.15) is 20.8 Å². The van der Waals surface area contributed by atoms with Gasteiger partial charge in [0.1, 0.15) is 15.5 Å². The molecule has 1 aliphatic heterocycles. The van der Waals surface area contributed by atoms with Gasteiger partial charge < -0.3 is 14.7 Å². The van der Waals surface area contributed by atoms with Gasteiger partial charge in [0.05, 0.1) is 18.6 Å². The number of anilines is 1. The number of piperazine rings is 1. The average Bonchev–Trinajstić information content (AvgIpc) is 3.11. The number of nitrogens with zero attached hydrogens (tertiary/aromatic N) is 4. The van der Waals surface area contributed by atoms with Crippen molar-refractivity contribution < 1.29 is 14.6 Å². The number of rotatable bonds is 7. The number of ether oxygens (including phenoxy) is 1. The van der Waals surface area contributed by atoms with Gasteiger partial charge in [-0.1, -0.05) is 30.3 Å². The predicted molar refractivity (Wildman–Crippen MR) is 123 cm³/mol. The van der Waals surface area contributed by atoms with Gasteiger partial charge in [0.2, 0.25) is 5.28 Å². The highest BCUT2D eigenvalue weighted by molar-refractivity contribution is 7.20. The molecule has 3 aromatic rings. The van der Waals surface area contributed by atoms with E-state index in [2.05, 4.69) is 19.8 Å². The number of aliphatic hydroxyl groups is 1. The zero-order valence-corrected chi connectivity index (χ0v) is 19.0. The van der Waals surface area contributed by atoms with E-state index in [0.29, 0.717) is 29.3 Å². The molecular formula is C22H25ClN4O3S. The van der Waals surface area contributed by atoms with Crippen LogP contribution in [0.2, 0.25) is 5.28 Å². The van der Waals surface area contributed by atoms with Crippen molar-refractivity contribution >= 4 is 44.9 Å². The van der Waals surface area contributed by atoms with Gasteiger partial charge in [-0.25, -0.2) is 9.78 Å². The number of aliphatic hydroxyl groups excluding tert-OH is 1. The summed E-state index contributed by atoms with van der Waals surface area (Å²) in [6, 6.07) is 9.94. The zero-order chi connectivity index (χ0) is 21.8. The number of hydrogen-bond donors (Lipinski definition) is 1. The van der Waals surface area contributed by atoms with Crippen molar-refractivity contribution in [1.82, 2.24) is 14.9 Å². The van der Waals surface area contributed by atoms with Gasteiger partial charge in [0, 0.05) is 39.1 Å². The van der Waals surface area contributed by atoms with Crippen molar-refractivity contribution in [3.8, 4) is 0 Å². The molecule has 1 aliphatic rings. The topological polar surface area (TPSA) is 78.8 Å². The Labute approximate surface area is 190 Å². The van der Waals surface area contributed by atoms with E-state index < -0.39 is 0 Å². The van der Waals surface area contributed by atoms with Crippen LogP contribution in [-0.2, 0) is 11.2 Å². The largest absolute Gasteiger partial charge is 0.461 e. The summed E-state index contributed by atoms with van der Waals surface area (Å²) < 4.78 is 5.55. The number of esters is 1. The number of fused-ring (bicyclic) bond motifs is 1. The molecule has 0 spiro atoms. The summed E-state index contributed by atoms with van der Waals surface area (Å²) in [7, 11) is 0. The lowest BCUT2D eigenvalue weighted by molar-refractivity contribution is 0.0514. The van der Waals surface area contributed by atoms with E-state index in [0.717, 1.165) is 48.5 Å². The molecule has 0 aliphatic carbocycles. The summed E-state index contributed by atoms with van der Waals surface area (Å²) in [6.07, 6.45) is 0.672. The molecule has 0 radical (unpaired) electrons. The lowest BCUT2D eigenvalue weighted by atomic mass is 10.1. The van der Waals surface area contributed by atoms with Crippen LogP contribution >= 0.6 is 22.9 Å². The van der Waals surface area contributed by atoms with Crippen molar-refractivity contribution in [2.45, 2.75) is 13.3 Å². The molecule has 164 valence electrons. The normalized spacial score (nSPS) is 14.9. The minimum atomic E-state index is -0.341. The third-order valence-electron chi connectivity index (χ3n) is 5.48. The fraction of sp³-hybridized carbons (Fsp3) is 0.409. The molecule has 3 heterocycles. The third kappa shape index (κ3) is 4.98. The van der Waals surface area contributed by atoms with Crippen LogP contribution in [0.3, 0.4) is 0 Å². The standard InChI is InChI=1S/C22H25ClN4O3S/c1-15-17-19(27-10-8-26(9-11-27)12-13-28)24-22(23)25-20(17)31-18(15)21(29)30-14-7-16-5-3-2-4-6-16/h2-6,28H,7-14H2,1H3. The first-order chi connectivity index (χ1) is 15.1. The molecular weight excluding hydrogens is 436 g/mol. The van der Waals surface area contributed by atoms with Crippen molar-refractivity contribution in [2.75, 3.05) is 50.8 Å². The predicted octanol–water partition coefficient (Wildman–Crippen LogP) is 3.17. The second-order valence-electron chi connectivity index (χ2n) is 7.48. The van der Waals surface area contributed by atoms with Gasteiger partial charge in [0.25, 0.3) is 0 Å². The van der Waals surface area contributed by atoms with Gasteiger partial charge in [-0.15, -0.1) is 11.3 Å². The van der Waals surface area contributed by atoms with Gasteiger partial charge >= 0.3 is 5.97 Å². The summed E-state index contributed by atoms with van der Waals surface area (Å²) in [5.41, 5.74) is 1.96. The minimum Gasteiger partial charge on any atom is -0.461 e. The maximum atomic E-state index is 12.8. The Bertz CT molecular complexity index is 1050. The minimum absolute atomic E-state index is 0.156. The molecule has 0 unspecified atom stereocenters. The van der Waals surface area contributed by atoms with Crippen LogP contribution in [0.15, 0.2) is 30.3 Å². The molecule has 0 atom stereocenters. The monoisotopic (exact) mass is 460 g/mol. The van der Waals surface area contributed by atoms with Crippen molar-refractivity contribution in [3.05, 3.63) is 51.6 Å². The van der Waals surface area contributed by atoms with E-state index in [-0.39, 0.29) is 17.9 Å². The van der Waals surface area contributed by atoms with E-state index in [1.165, 1.54) is 11.3 Å². The number of carbonyl (C=O) groups is 1. The quantitative estimate of drug-likeness (QED) is 0.428. The Hall–Kier alpha value is -2.26. The molecule has 1 fully saturated rings. The van der Waals surface area contributed by atoms with Crippen molar-refractivity contribution in [3.63, 3.8) is 0 Å². The smallest absolute Gasteiger partial charge is 0.348 e. The van der Waals surface area contributed by atoms with Crippen molar-refractivity contribution in [1.29, 1.82) is 0 Å². The Morgan fingerprint density at radius 1 is 1.19 bits per heavy atom. The number of β-amino-alcohol motifs (C(OH)–C–C–N with tert-alkyl or cyclic N) is 1. The van der Waals surface area contributed by atoms with Crippen LogP contribution in [0.25, 0.3) is 10.2 Å². The number of halogens is 1. The fourth-order valence-electron chi connectivity index (χ4n) is 3.81. The summed E-state index contributed by atoms with van der Waals surface area (Å²) in [5.74, 6) is 0.419. The molecule has 0 bridgehead atoms. The lowest BCUT2D eigenvalue weighted by Crippen LogP contribution is -2.47. The lowest BCUT2D eigenvalue weighted by Gasteiger charge is -2.35. The molecule has 1 saturated heterocycles. The molecule has 4 rings (SSSR count). The Morgan fingerprint density at radius 2 is 1.94 bits per heavy atom. The molecule has 9 heteroatoms. The SMILES string of the molecule is Cc1c(C(=O)OCCc2ccccc2)sc2nc(Cl)nc(N3CCN(CCO)CC3)c12. The summed E-state index contributed by atoms with van der Waals surface area (Å²) in [5, 5.41) is 10.2. The van der Waals surface area contributed by atoms with Crippen LogP contribution in [0.5, 0.6) is 0 Å². The number of benzene rings is 1. The molecule has 1 aromatic carbocycles. The highest BCUT2D eigenvalue weighted by Crippen LogP contribution is 2.37. The fourth-order valence-corrected chi connectivity index (χ4v) is 5.10. The first-order valence-electron chi connectivity index (χ1n) is 10.3. The zero-order valence-electron chi connectivity index (χ0n) is 17.4. The maximum absolute atomic E-state index is 12.8. The van der Waals surface area contributed by atoms with Gasteiger partial charge in [-0.2, -0.15) is 4.98 Å². The molecule has 2 aromatic heterocycles. The number of thiophene rings is 1. The summed E-state index contributed by atoms with van der Waals surface area (Å²) in [6.45, 7) is 6.27. The highest BCUT2D eigenvalue weighted by Gasteiger charge is 2.26. The first-order valence-corrected chi connectivity index (χ1v) is 11.5. The summed E-state index contributed by atoms with van der Waals surface area (Å²) >= 11 is 7.51. The molecule has 7 nitrogen and oxygen atoms in total. The van der Waals surface area contributed by atoms with E-state index in [9.17, 15) is 4.79 Å². The van der Waals surface area contributed by atoms with Crippen molar-refractivity contribution in [2.24, 2.45) is 0 Å². The first kappa shape index (κ1) is 22.0. The second kappa shape index (κ2) is 9.91. The van der Waals surface area contributed by atoms with Gasteiger partial charge in [0.15, 0.2) is 0 Å². The van der Waals surface area contributed by atoms with E-state index in [4.69, 9.17) is 21.4 Å². The van der Waals surface area contributed by atoms with Crippen LogP contribution in [0, 0.1) is 6.92 Å². The molecule has 31 heavy (non-hydrogen) atoms. The second-order valence-corrected chi connectivity index (χ2v) is 8.81. The van der Waals surface area contributed by atoms with E-state index in [1.807, 2.05) is 37.3 Å². The van der Waals surface area contributed by atoms with Gasteiger partial charge in [-0.3, -0.25) is 4.90 Å². The Morgan fingerprint density at radius 3 is 2.65 bits per heavy atom. The summed E-state index contributed by atoms with van der Waals surface area (Å²) in [4.78, 5) is 27.3. The van der Waals surface area contributed by atoms with Gasteiger partial charge in [-0.05, 0) is 29.7 Å². The molecule has 0 saturated carbocycles. The van der Waals surface area contributed by atoms with E-state index in [1.54, 1.807) is 0 Å². The average molecular weight is 461 g/mol. The maximum Gasteiger partial charge on any atom is 0.348 e. The third-order valence-corrected chi connectivity index (χ3v) is 6.82. The Balaban J connectivity index is 1.53. The molecule has 0 amide bonds. The number of hydrogen-bond acceptors (Lipinski definition) is 8. The van der Waals surface area contributed by atoms with E-state index >= 15 is 0 Å². The molecule has 1 N–H and O–H groups in total. The van der Waals surface area contributed by atoms with Crippen LogP contribution in [0.4, 0.5) is 5.82 Å². The highest BCUT2D eigenvalue weighted by atomic mass is 35.5. The number of aromatic nitrogens is 2.